The first-order valence-corrected chi connectivity index (χ1v) is 9.40. The maximum Gasteiger partial charge on any atom is 0.203 e. The number of ketones is 1. The number of hydrogen-bond acceptors (Lipinski definition) is 5. The zero-order valence-electron chi connectivity index (χ0n) is 16.4. The Morgan fingerprint density at radius 1 is 1.21 bits per heavy atom. The second kappa shape index (κ2) is 8.07. The Hall–Kier alpha value is -2.79. The van der Waals surface area contributed by atoms with E-state index in [1.165, 1.54) is 5.56 Å². The topological polar surface area (TPSA) is 76.0 Å². The highest BCUT2D eigenvalue weighted by molar-refractivity contribution is 6.14. The van der Waals surface area contributed by atoms with Gasteiger partial charge in [-0.2, -0.15) is 0 Å². The van der Waals surface area contributed by atoms with Gasteiger partial charge in [0.2, 0.25) is 5.78 Å². The van der Waals surface area contributed by atoms with Crippen LogP contribution in [0, 0.1) is 0 Å². The number of aromatic hydroxyl groups is 1. The molecule has 1 aliphatic rings. The first-order valence-electron chi connectivity index (χ1n) is 9.40. The summed E-state index contributed by atoms with van der Waals surface area (Å²) in [6.07, 6.45) is 1.59. The molecule has 5 heteroatoms. The van der Waals surface area contributed by atoms with Gasteiger partial charge in [0.25, 0.3) is 0 Å². The van der Waals surface area contributed by atoms with Crippen molar-refractivity contribution in [3.8, 4) is 11.5 Å². The summed E-state index contributed by atoms with van der Waals surface area (Å²) in [5.41, 5.74) is 1.28. The molecule has 2 aromatic carbocycles. The van der Waals surface area contributed by atoms with Crippen molar-refractivity contribution in [2.45, 2.75) is 38.7 Å². The van der Waals surface area contributed by atoms with E-state index in [1.807, 2.05) is 25.1 Å². The van der Waals surface area contributed by atoms with Gasteiger partial charge in [-0.15, -0.1) is 0 Å². The normalized spacial score (nSPS) is 17.8. The molecule has 0 radical (unpaired) electrons. The van der Waals surface area contributed by atoms with E-state index in [0.717, 1.165) is 18.2 Å². The Bertz CT molecular complexity index is 883. The number of Topliss-reactive ketones (excluding diaryl/α,β-unsaturated/α-hetero) is 1. The second-order valence-electron chi connectivity index (χ2n) is 7.61. The number of hydrogen-bond donors (Lipinski definition) is 2. The number of phenolic OH excluding ortho intramolecular Hbond substituents is 1. The maximum absolute atomic E-state index is 12.6. The minimum Gasteiger partial charge on any atom is -0.515 e. The number of ether oxygens (including phenoxy) is 2. The Labute approximate surface area is 165 Å². The zero-order valence-corrected chi connectivity index (χ0v) is 16.4. The molecule has 0 spiro atoms. The summed E-state index contributed by atoms with van der Waals surface area (Å²) in [6.45, 7) is 6.51. The van der Waals surface area contributed by atoms with Crippen LogP contribution in [0.3, 0.4) is 0 Å². The van der Waals surface area contributed by atoms with Crippen LogP contribution in [-0.2, 0) is 11.2 Å². The summed E-state index contributed by atoms with van der Waals surface area (Å²) in [7, 11) is 0. The number of carbonyl (C=O) groups excluding carboxylic acids is 1. The number of phenols is 1. The highest BCUT2D eigenvalue weighted by atomic mass is 16.5. The van der Waals surface area contributed by atoms with E-state index in [9.17, 15) is 15.0 Å². The van der Waals surface area contributed by atoms with Crippen LogP contribution < -0.4 is 4.74 Å². The minimum atomic E-state index is -0.973. The summed E-state index contributed by atoms with van der Waals surface area (Å²) in [4.78, 5) is 12.6. The molecule has 1 atom stereocenters. The van der Waals surface area contributed by atoms with Crippen molar-refractivity contribution in [1.82, 2.24) is 0 Å². The summed E-state index contributed by atoms with van der Waals surface area (Å²) < 4.78 is 11.7. The van der Waals surface area contributed by atoms with Gasteiger partial charge in [-0.25, -0.2) is 0 Å². The van der Waals surface area contributed by atoms with E-state index in [2.05, 4.69) is 12.1 Å². The summed E-state index contributed by atoms with van der Waals surface area (Å²) in [5.74, 6) is -0.233. The zero-order chi connectivity index (χ0) is 20.3. The fourth-order valence-corrected chi connectivity index (χ4v) is 3.36. The molecule has 148 valence electrons. The van der Waals surface area contributed by atoms with E-state index in [1.54, 1.807) is 26.0 Å². The van der Waals surface area contributed by atoms with Crippen LogP contribution in [0.4, 0.5) is 0 Å². The van der Waals surface area contributed by atoms with Crippen LogP contribution in [0.25, 0.3) is 0 Å². The molecule has 0 saturated heterocycles. The molecular formula is C23H26O5. The molecule has 0 amide bonds. The third kappa shape index (κ3) is 4.04. The van der Waals surface area contributed by atoms with E-state index in [0.29, 0.717) is 19.0 Å². The summed E-state index contributed by atoms with van der Waals surface area (Å²) in [5, 5.41) is 19.8. The van der Waals surface area contributed by atoms with Crippen molar-refractivity contribution in [3.05, 3.63) is 71.0 Å². The van der Waals surface area contributed by atoms with Crippen molar-refractivity contribution < 1.29 is 24.5 Å². The second-order valence-corrected chi connectivity index (χ2v) is 7.61. The van der Waals surface area contributed by atoms with Gasteiger partial charge in [-0.1, -0.05) is 37.3 Å². The number of aliphatic hydroxyl groups is 1. The molecule has 0 fully saturated rings. The predicted octanol–water partition coefficient (Wildman–Crippen LogP) is 4.55. The van der Waals surface area contributed by atoms with E-state index < -0.39 is 11.4 Å². The largest absolute Gasteiger partial charge is 0.515 e. The van der Waals surface area contributed by atoms with E-state index in [-0.39, 0.29) is 22.8 Å². The van der Waals surface area contributed by atoms with E-state index in [4.69, 9.17) is 9.47 Å². The molecule has 5 nitrogen and oxygen atoms in total. The number of fused-ring (bicyclic) bond motifs is 1. The van der Waals surface area contributed by atoms with Crippen LogP contribution >= 0.6 is 0 Å². The van der Waals surface area contributed by atoms with Crippen molar-refractivity contribution >= 4 is 5.78 Å². The lowest BCUT2D eigenvalue weighted by Crippen LogP contribution is -2.39. The quantitative estimate of drug-likeness (QED) is 0.435. The number of benzene rings is 2. The number of aliphatic hydroxyl groups excluding tert-OH is 1. The molecule has 1 aliphatic heterocycles. The highest BCUT2D eigenvalue weighted by Gasteiger charge is 2.40. The third-order valence-electron chi connectivity index (χ3n) is 5.03. The smallest absolute Gasteiger partial charge is 0.203 e. The molecule has 28 heavy (non-hydrogen) atoms. The standard InChI is InChI=1S/C23H26O5/c1-15(14-27-10-9-16-7-5-4-6-8-16)17-11-19(25)21-20(12-17)28-23(2,3)18(13-24)22(21)26/h4-8,11-13,15,24-25H,9-10,14H2,1-3H3/b18-13-. The Balaban J connectivity index is 1.70. The fourth-order valence-electron chi connectivity index (χ4n) is 3.36. The first kappa shape index (κ1) is 20.0. The molecule has 1 unspecified atom stereocenters. The first-order chi connectivity index (χ1) is 13.3. The minimum absolute atomic E-state index is 0.0172. The van der Waals surface area contributed by atoms with Crippen LogP contribution in [-0.4, -0.2) is 34.8 Å². The molecule has 0 aromatic heterocycles. The molecule has 0 aliphatic carbocycles. The monoisotopic (exact) mass is 382 g/mol. The fraction of sp³-hybridized carbons (Fsp3) is 0.348. The van der Waals surface area contributed by atoms with Crippen molar-refractivity contribution in [1.29, 1.82) is 0 Å². The maximum atomic E-state index is 12.6. The van der Waals surface area contributed by atoms with Gasteiger partial charge in [0.1, 0.15) is 22.7 Å². The van der Waals surface area contributed by atoms with Gasteiger partial charge in [-0.05, 0) is 43.5 Å². The lowest BCUT2D eigenvalue weighted by molar-refractivity contribution is 0.0837. The Morgan fingerprint density at radius 3 is 2.61 bits per heavy atom. The molecule has 2 N–H and O–H groups in total. The Morgan fingerprint density at radius 2 is 1.93 bits per heavy atom. The third-order valence-corrected chi connectivity index (χ3v) is 5.03. The van der Waals surface area contributed by atoms with Gasteiger partial charge in [0, 0.05) is 5.92 Å². The van der Waals surface area contributed by atoms with Gasteiger partial charge in [0.15, 0.2) is 0 Å². The summed E-state index contributed by atoms with van der Waals surface area (Å²) in [6, 6.07) is 13.5. The van der Waals surface area contributed by atoms with Crippen LogP contribution in [0.2, 0.25) is 0 Å². The van der Waals surface area contributed by atoms with Crippen molar-refractivity contribution in [2.75, 3.05) is 13.2 Å². The Kier molecular flexibility index (Phi) is 5.75. The molecule has 0 saturated carbocycles. The molecule has 0 bridgehead atoms. The average molecular weight is 382 g/mol. The van der Waals surface area contributed by atoms with Crippen LogP contribution in [0.1, 0.15) is 48.2 Å². The van der Waals surface area contributed by atoms with Crippen LogP contribution in [0.5, 0.6) is 11.5 Å². The summed E-state index contributed by atoms with van der Waals surface area (Å²) >= 11 is 0. The van der Waals surface area contributed by atoms with Crippen molar-refractivity contribution in [3.63, 3.8) is 0 Å². The lowest BCUT2D eigenvalue weighted by atomic mass is 9.86. The molecular weight excluding hydrogens is 356 g/mol. The van der Waals surface area contributed by atoms with Gasteiger partial charge >= 0.3 is 0 Å². The lowest BCUT2D eigenvalue weighted by Gasteiger charge is -2.34. The molecule has 3 rings (SSSR count). The SMILES string of the molecule is CC(COCCc1ccccc1)c1cc(O)c2c(c1)OC(C)(C)/C(=C\O)C2=O. The predicted molar refractivity (Wildman–Crippen MR) is 107 cm³/mol. The van der Waals surface area contributed by atoms with Gasteiger partial charge < -0.3 is 19.7 Å². The van der Waals surface area contributed by atoms with Crippen molar-refractivity contribution in [2.24, 2.45) is 0 Å². The van der Waals surface area contributed by atoms with Gasteiger partial charge in [-0.3, -0.25) is 4.79 Å². The number of rotatable bonds is 6. The van der Waals surface area contributed by atoms with Crippen LogP contribution in [0.15, 0.2) is 54.3 Å². The number of carbonyl (C=O) groups is 1. The average Bonchev–Trinajstić information content (AvgIpc) is 2.64. The molecule has 1 heterocycles. The molecule has 2 aromatic rings. The van der Waals surface area contributed by atoms with Gasteiger partial charge in [0.05, 0.1) is 25.0 Å². The highest BCUT2D eigenvalue weighted by Crippen LogP contribution is 2.42. The van der Waals surface area contributed by atoms with E-state index >= 15 is 0 Å².